The van der Waals surface area contributed by atoms with Gasteiger partial charge >= 0.3 is 5.97 Å². The lowest BCUT2D eigenvalue weighted by Gasteiger charge is -2.07. The first-order chi connectivity index (χ1) is 8.58. The van der Waals surface area contributed by atoms with Crippen LogP contribution in [0.2, 0.25) is 0 Å². The van der Waals surface area contributed by atoms with Gasteiger partial charge in [0.15, 0.2) is 0 Å². The Kier molecular flexibility index (Phi) is 5.21. The zero-order valence-corrected chi connectivity index (χ0v) is 9.80. The van der Waals surface area contributed by atoms with Gasteiger partial charge in [-0.3, -0.25) is 4.79 Å². The number of methoxy groups -OCH3 is 1. The van der Waals surface area contributed by atoms with Crippen LogP contribution in [-0.4, -0.2) is 19.6 Å². The minimum Gasteiger partial charge on any atom is -0.469 e. The Morgan fingerprint density at radius 2 is 2.06 bits per heavy atom. The summed E-state index contributed by atoms with van der Waals surface area (Å²) in [4.78, 5) is 10.8. The minimum absolute atomic E-state index is 0.0552. The molecule has 1 aromatic rings. The first kappa shape index (κ1) is 14.1. The molecule has 0 aliphatic rings. The number of nitrogens with zero attached hydrogens (tertiary/aromatic N) is 1. The van der Waals surface area contributed by atoms with Crippen LogP contribution in [0.3, 0.4) is 0 Å². The number of hydrogen-bond donors (Lipinski definition) is 1. The Morgan fingerprint density at radius 1 is 1.44 bits per heavy atom. The molecule has 18 heavy (non-hydrogen) atoms. The lowest BCUT2D eigenvalue weighted by molar-refractivity contribution is -0.140. The van der Waals surface area contributed by atoms with E-state index >= 15 is 0 Å². The van der Waals surface area contributed by atoms with Crippen LogP contribution in [0.5, 0.6) is 0 Å². The number of carbonyl (C=O) groups is 1. The number of nitrogens with one attached hydrogen (secondary N) is 1. The Hall–Kier alpha value is -2.00. The molecular weight excluding hydrogens is 242 g/mol. The molecule has 0 saturated heterocycles. The average molecular weight is 254 g/mol. The molecule has 0 spiro atoms. The first-order valence-electron chi connectivity index (χ1n) is 5.24. The fourth-order valence-corrected chi connectivity index (χ4v) is 1.34. The van der Waals surface area contributed by atoms with Gasteiger partial charge in [0.05, 0.1) is 25.2 Å². The largest absolute Gasteiger partial charge is 0.469 e. The van der Waals surface area contributed by atoms with Crippen molar-refractivity contribution in [2.45, 2.75) is 13.0 Å². The van der Waals surface area contributed by atoms with Crippen LogP contribution in [0.1, 0.15) is 17.5 Å². The predicted molar refractivity (Wildman–Crippen MR) is 59.4 cm³/mol. The Balaban J connectivity index is 2.58. The monoisotopic (exact) mass is 254 g/mol. The molecule has 96 valence electrons. The second-order valence-electron chi connectivity index (χ2n) is 3.53. The summed E-state index contributed by atoms with van der Waals surface area (Å²) in [5, 5.41) is 11.3. The zero-order chi connectivity index (χ0) is 13.5. The summed E-state index contributed by atoms with van der Waals surface area (Å²) in [6, 6.07) is 3.61. The van der Waals surface area contributed by atoms with Gasteiger partial charge in [-0.25, -0.2) is 8.78 Å². The number of ether oxygens (including phenoxy) is 1. The third-order valence-electron chi connectivity index (χ3n) is 2.31. The van der Waals surface area contributed by atoms with E-state index in [1.54, 1.807) is 6.07 Å². The van der Waals surface area contributed by atoms with E-state index in [4.69, 9.17) is 5.26 Å². The molecule has 0 aromatic heterocycles. The van der Waals surface area contributed by atoms with Crippen LogP contribution in [0, 0.1) is 23.0 Å². The Bertz CT molecular complexity index is 460. The summed E-state index contributed by atoms with van der Waals surface area (Å²) in [7, 11) is 1.27. The van der Waals surface area contributed by atoms with E-state index in [1.807, 2.05) is 0 Å². The molecule has 0 fully saturated rings. The molecule has 0 aliphatic heterocycles. The standard InChI is InChI=1S/C12H12F2N2O2/c1-18-12(17)2-3-16-7-9-10(13)4-8(6-15)5-11(9)14/h4-5,16H,2-3,7H2,1H3. The van der Waals surface area contributed by atoms with Gasteiger partial charge in [0.25, 0.3) is 0 Å². The van der Waals surface area contributed by atoms with Gasteiger partial charge in [-0.1, -0.05) is 0 Å². The highest BCUT2D eigenvalue weighted by atomic mass is 19.1. The van der Waals surface area contributed by atoms with Crippen molar-refractivity contribution in [1.82, 2.24) is 5.32 Å². The minimum atomic E-state index is -0.780. The van der Waals surface area contributed by atoms with E-state index in [1.165, 1.54) is 7.11 Å². The fourth-order valence-electron chi connectivity index (χ4n) is 1.34. The summed E-state index contributed by atoms with van der Waals surface area (Å²) in [5.74, 6) is -1.96. The normalized spacial score (nSPS) is 9.89. The van der Waals surface area contributed by atoms with Crippen molar-refractivity contribution in [1.29, 1.82) is 5.26 Å². The molecule has 0 unspecified atom stereocenters. The van der Waals surface area contributed by atoms with E-state index in [0.29, 0.717) is 0 Å². The first-order valence-corrected chi connectivity index (χ1v) is 5.24. The van der Waals surface area contributed by atoms with Crippen molar-refractivity contribution in [2.75, 3.05) is 13.7 Å². The van der Waals surface area contributed by atoms with E-state index in [0.717, 1.165) is 12.1 Å². The molecule has 0 amide bonds. The quantitative estimate of drug-likeness (QED) is 0.638. The number of esters is 1. The molecule has 1 rings (SSSR count). The summed E-state index contributed by atoms with van der Waals surface area (Å²) in [5.41, 5.74) is -0.220. The maximum Gasteiger partial charge on any atom is 0.306 e. The van der Waals surface area contributed by atoms with Crippen LogP contribution in [0.15, 0.2) is 12.1 Å². The van der Waals surface area contributed by atoms with Crippen LogP contribution in [0.25, 0.3) is 0 Å². The SMILES string of the molecule is COC(=O)CCNCc1c(F)cc(C#N)cc1F. The van der Waals surface area contributed by atoms with Crippen molar-refractivity contribution >= 4 is 5.97 Å². The van der Waals surface area contributed by atoms with Gasteiger partial charge in [0, 0.05) is 18.7 Å². The number of benzene rings is 1. The molecule has 0 aliphatic carbocycles. The van der Waals surface area contributed by atoms with E-state index < -0.39 is 17.6 Å². The number of rotatable bonds is 5. The van der Waals surface area contributed by atoms with E-state index in [-0.39, 0.29) is 30.6 Å². The average Bonchev–Trinajstić information content (AvgIpc) is 2.36. The Labute approximate surface area is 103 Å². The van der Waals surface area contributed by atoms with Crippen molar-refractivity contribution in [3.63, 3.8) is 0 Å². The Morgan fingerprint density at radius 3 is 2.56 bits per heavy atom. The molecule has 0 bridgehead atoms. The third kappa shape index (κ3) is 3.79. The van der Waals surface area contributed by atoms with Gasteiger partial charge in [-0.05, 0) is 12.1 Å². The predicted octanol–water partition coefficient (Wildman–Crippen LogP) is 1.49. The highest BCUT2D eigenvalue weighted by Crippen LogP contribution is 2.14. The summed E-state index contributed by atoms with van der Waals surface area (Å²) >= 11 is 0. The number of carbonyl (C=O) groups excluding carboxylic acids is 1. The van der Waals surface area contributed by atoms with Crippen molar-refractivity contribution in [2.24, 2.45) is 0 Å². The highest BCUT2D eigenvalue weighted by molar-refractivity contribution is 5.69. The molecule has 4 nitrogen and oxygen atoms in total. The third-order valence-corrected chi connectivity index (χ3v) is 2.31. The smallest absolute Gasteiger partial charge is 0.306 e. The number of halogens is 2. The van der Waals surface area contributed by atoms with Gasteiger partial charge in [0.2, 0.25) is 0 Å². The van der Waals surface area contributed by atoms with Crippen molar-refractivity contribution in [3.05, 3.63) is 34.9 Å². The van der Waals surface area contributed by atoms with Gasteiger partial charge in [0.1, 0.15) is 11.6 Å². The maximum absolute atomic E-state index is 13.4. The van der Waals surface area contributed by atoms with Crippen LogP contribution < -0.4 is 5.32 Å². The van der Waals surface area contributed by atoms with Gasteiger partial charge in [-0.2, -0.15) is 5.26 Å². The number of nitriles is 1. The molecule has 0 atom stereocenters. The summed E-state index contributed by atoms with van der Waals surface area (Å²) < 4.78 is 31.3. The number of hydrogen-bond acceptors (Lipinski definition) is 4. The highest BCUT2D eigenvalue weighted by Gasteiger charge is 2.11. The van der Waals surface area contributed by atoms with Crippen LogP contribution in [-0.2, 0) is 16.1 Å². The molecule has 0 saturated carbocycles. The lowest BCUT2D eigenvalue weighted by atomic mass is 10.1. The van der Waals surface area contributed by atoms with Crippen LogP contribution in [0.4, 0.5) is 8.78 Å². The topological polar surface area (TPSA) is 62.1 Å². The van der Waals surface area contributed by atoms with Crippen LogP contribution >= 0.6 is 0 Å². The molecule has 1 aromatic carbocycles. The second-order valence-corrected chi connectivity index (χ2v) is 3.53. The lowest BCUT2D eigenvalue weighted by Crippen LogP contribution is -2.20. The van der Waals surface area contributed by atoms with E-state index in [2.05, 4.69) is 10.1 Å². The molecule has 0 heterocycles. The van der Waals surface area contributed by atoms with Gasteiger partial charge < -0.3 is 10.1 Å². The molecule has 0 radical (unpaired) electrons. The van der Waals surface area contributed by atoms with Crippen molar-refractivity contribution in [3.8, 4) is 6.07 Å². The maximum atomic E-state index is 13.4. The fraction of sp³-hybridized carbons (Fsp3) is 0.333. The molecule has 6 heteroatoms. The summed E-state index contributed by atoms with van der Waals surface area (Å²) in [6.07, 6.45) is 0.121. The van der Waals surface area contributed by atoms with Gasteiger partial charge in [-0.15, -0.1) is 0 Å². The van der Waals surface area contributed by atoms with Crippen molar-refractivity contribution < 1.29 is 18.3 Å². The van der Waals surface area contributed by atoms with E-state index in [9.17, 15) is 13.6 Å². The second kappa shape index (κ2) is 6.67. The summed E-state index contributed by atoms with van der Waals surface area (Å²) in [6.45, 7) is 0.200. The molecular formula is C12H12F2N2O2. The zero-order valence-electron chi connectivity index (χ0n) is 9.80. The molecule has 1 N–H and O–H groups in total.